The molecule has 6 heteroatoms. The predicted molar refractivity (Wildman–Crippen MR) is 98.4 cm³/mol. The Morgan fingerprint density at radius 1 is 1.00 bits per heavy atom. The van der Waals surface area contributed by atoms with Gasteiger partial charge in [-0.3, -0.25) is 9.78 Å². The molecule has 25 heavy (non-hydrogen) atoms. The van der Waals surface area contributed by atoms with E-state index in [-0.39, 0.29) is 5.91 Å². The van der Waals surface area contributed by atoms with Gasteiger partial charge in [0.15, 0.2) is 0 Å². The molecule has 2 N–H and O–H groups in total. The number of amides is 1. The van der Waals surface area contributed by atoms with E-state index in [1.54, 1.807) is 42.9 Å². The van der Waals surface area contributed by atoms with Crippen LogP contribution in [0, 0.1) is 0 Å². The van der Waals surface area contributed by atoms with Crippen LogP contribution in [0.1, 0.15) is 21.5 Å². The molecule has 0 bridgehead atoms. The Hall–Kier alpha value is -2.92. The van der Waals surface area contributed by atoms with Crippen molar-refractivity contribution >= 4 is 23.3 Å². The van der Waals surface area contributed by atoms with Crippen LogP contribution in [0.25, 0.3) is 0 Å². The van der Waals surface area contributed by atoms with Crippen molar-refractivity contribution in [2.75, 3.05) is 5.32 Å². The van der Waals surface area contributed by atoms with E-state index < -0.39 is 0 Å². The number of nitrogens with one attached hydrogen (secondary N) is 2. The van der Waals surface area contributed by atoms with Crippen LogP contribution >= 0.6 is 11.6 Å². The molecule has 2 heterocycles. The van der Waals surface area contributed by atoms with Crippen molar-refractivity contribution in [1.29, 1.82) is 0 Å². The van der Waals surface area contributed by atoms with Crippen LogP contribution in [0.4, 0.5) is 5.82 Å². The summed E-state index contributed by atoms with van der Waals surface area (Å²) in [5.74, 6) is 0.491. The van der Waals surface area contributed by atoms with Gasteiger partial charge in [-0.1, -0.05) is 29.8 Å². The quantitative estimate of drug-likeness (QED) is 0.710. The van der Waals surface area contributed by atoms with Gasteiger partial charge in [0.1, 0.15) is 5.82 Å². The van der Waals surface area contributed by atoms with Crippen molar-refractivity contribution in [3.05, 3.63) is 88.8 Å². The summed E-state index contributed by atoms with van der Waals surface area (Å²) in [6.07, 6.45) is 5.13. The monoisotopic (exact) mass is 352 g/mol. The molecule has 3 aromatic rings. The van der Waals surface area contributed by atoms with Crippen LogP contribution in [-0.2, 0) is 13.1 Å². The normalized spacial score (nSPS) is 10.3. The second-order valence-electron chi connectivity index (χ2n) is 5.45. The highest BCUT2D eigenvalue weighted by Gasteiger charge is 2.07. The van der Waals surface area contributed by atoms with Gasteiger partial charge in [-0.2, -0.15) is 0 Å². The number of pyridine rings is 2. The molecule has 126 valence electrons. The number of carbonyl (C=O) groups excluding carboxylic acids is 1. The molecular formula is C19H17ClN4O. The number of nitrogens with zero attached hydrogens (tertiary/aromatic N) is 2. The van der Waals surface area contributed by atoms with Gasteiger partial charge in [-0.15, -0.1) is 0 Å². The van der Waals surface area contributed by atoms with Gasteiger partial charge in [0.05, 0.1) is 0 Å². The largest absolute Gasteiger partial charge is 0.366 e. The highest BCUT2D eigenvalue weighted by Crippen LogP contribution is 2.11. The minimum atomic E-state index is -0.151. The van der Waals surface area contributed by atoms with Crippen LogP contribution < -0.4 is 10.6 Å². The van der Waals surface area contributed by atoms with Crippen LogP contribution in [0.2, 0.25) is 5.02 Å². The Kier molecular flexibility index (Phi) is 5.59. The zero-order chi connectivity index (χ0) is 17.5. The lowest BCUT2D eigenvalue weighted by molar-refractivity contribution is 0.0951. The third-order valence-corrected chi connectivity index (χ3v) is 3.84. The van der Waals surface area contributed by atoms with Gasteiger partial charge in [-0.25, -0.2) is 4.98 Å². The lowest BCUT2D eigenvalue weighted by Crippen LogP contribution is -2.23. The van der Waals surface area contributed by atoms with Crippen molar-refractivity contribution in [3.63, 3.8) is 0 Å². The summed E-state index contributed by atoms with van der Waals surface area (Å²) in [6, 6.07) is 14.6. The Morgan fingerprint density at radius 2 is 1.84 bits per heavy atom. The maximum Gasteiger partial charge on any atom is 0.251 e. The lowest BCUT2D eigenvalue weighted by Gasteiger charge is -2.08. The van der Waals surface area contributed by atoms with Crippen LogP contribution in [0.3, 0.4) is 0 Å². The van der Waals surface area contributed by atoms with E-state index in [1.807, 2.05) is 24.3 Å². The Balaban J connectivity index is 1.58. The van der Waals surface area contributed by atoms with Crippen molar-refractivity contribution in [2.24, 2.45) is 0 Å². The first-order valence-corrected chi connectivity index (χ1v) is 8.20. The lowest BCUT2D eigenvalue weighted by atomic mass is 10.2. The average Bonchev–Trinajstić information content (AvgIpc) is 2.67. The number of rotatable bonds is 6. The van der Waals surface area contributed by atoms with Crippen LogP contribution in [0.15, 0.2) is 67.1 Å². The average molecular weight is 353 g/mol. The SMILES string of the molecule is O=C(NCc1ccc(Cl)cc1)c1ccnc(NCc2cccnc2)c1. The molecular weight excluding hydrogens is 336 g/mol. The minimum Gasteiger partial charge on any atom is -0.366 e. The van der Waals surface area contributed by atoms with Crippen molar-refractivity contribution in [1.82, 2.24) is 15.3 Å². The highest BCUT2D eigenvalue weighted by molar-refractivity contribution is 6.30. The minimum absolute atomic E-state index is 0.151. The van der Waals surface area contributed by atoms with Crippen LogP contribution in [0.5, 0.6) is 0 Å². The molecule has 0 aliphatic rings. The highest BCUT2D eigenvalue weighted by atomic mass is 35.5. The summed E-state index contributed by atoms with van der Waals surface area (Å²) in [5, 5.41) is 6.75. The summed E-state index contributed by atoms with van der Waals surface area (Å²) in [5.41, 5.74) is 2.58. The number of aromatic nitrogens is 2. The molecule has 5 nitrogen and oxygen atoms in total. The van der Waals surface area contributed by atoms with E-state index in [1.165, 1.54) is 0 Å². The predicted octanol–water partition coefficient (Wildman–Crippen LogP) is 3.67. The topological polar surface area (TPSA) is 66.9 Å². The maximum absolute atomic E-state index is 12.3. The number of halogens is 1. The van der Waals surface area contributed by atoms with Crippen molar-refractivity contribution in [3.8, 4) is 0 Å². The number of anilines is 1. The van der Waals surface area contributed by atoms with Gasteiger partial charge >= 0.3 is 0 Å². The Labute approximate surface area is 151 Å². The Bertz CT molecular complexity index is 838. The second-order valence-corrected chi connectivity index (χ2v) is 5.89. The maximum atomic E-state index is 12.3. The van der Waals surface area contributed by atoms with Crippen molar-refractivity contribution < 1.29 is 4.79 Å². The molecule has 0 unspecified atom stereocenters. The zero-order valence-electron chi connectivity index (χ0n) is 13.4. The van der Waals surface area contributed by atoms with Crippen molar-refractivity contribution in [2.45, 2.75) is 13.1 Å². The molecule has 2 aromatic heterocycles. The standard InChI is InChI=1S/C19H17ClN4O/c20-17-5-3-14(4-6-17)12-24-19(25)16-7-9-22-18(10-16)23-13-15-2-1-8-21-11-15/h1-11H,12-13H2,(H,22,23)(H,24,25). The summed E-state index contributed by atoms with van der Waals surface area (Å²) >= 11 is 5.86. The summed E-state index contributed by atoms with van der Waals surface area (Å²) in [4.78, 5) is 20.6. The van der Waals surface area contributed by atoms with Gasteiger partial charge in [0.2, 0.25) is 0 Å². The summed E-state index contributed by atoms with van der Waals surface area (Å²) < 4.78 is 0. The van der Waals surface area contributed by atoms with Gasteiger partial charge in [0, 0.05) is 42.3 Å². The third kappa shape index (κ3) is 5.02. The molecule has 0 saturated carbocycles. The fourth-order valence-electron chi connectivity index (χ4n) is 2.25. The molecule has 0 spiro atoms. The van der Waals surface area contributed by atoms with Gasteiger partial charge in [0.25, 0.3) is 5.91 Å². The Morgan fingerprint density at radius 3 is 2.60 bits per heavy atom. The van der Waals surface area contributed by atoms with E-state index in [4.69, 9.17) is 11.6 Å². The molecule has 0 fully saturated rings. The molecule has 0 aliphatic heterocycles. The van der Waals surface area contributed by atoms with E-state index in [0.29, 0.717) is 29.5 Å². The number of hydrogen-bond acceptors (Lipinski definition) is 4. The zero-order valence-corrected chi connectivity index (χ0v) is 14.2. The van der Waals surface area contributed by atoms with E-state index in [0.717, 1.165) is 11.1 Å². The first-order valence-electron chi connectivity index (χ1n) is 7.82. The fourth-order valence-corrected chi connectivity index (χ4v) is 2.38. The first kappa shape index (κ1) is 16.9. The molecule has 1 aromatic carbocycles. The third-order valence-electron chi connectivity index (χ3n) is 3.58. The van der Waals surface area contributed by atoms with E-state index in [2.05, 4.69) is 20.6 Å². The second kappa shape index (κ2) is 8.26. The molecule has 0 saturated heterocycles. The number of hydrogen-bond donors (Lipinski definition) is 2. The number of benzene rings is 1. The molecule has 0 radical (unpaired) electrons. The van der Waals surface area contributed by atoms with E-state index >= 15 is 0 Å². The number of carbonyl (C=O) groups is 1. The molecule has 0 aliphatic carbocycles. The summed E-state index contributed by atoms with van der Waals surface area (Å²) in [6.45, 7) is 1.04. The molecule has 1 amide bonds. The summed E-state index contributed by atoms with van der Waals surface area (Å²) in [7, 11) is 0. The first-order chi connectivity index (χ1) is 12.2. The van der Waals surface area contributed by atoms with Gasteiger partial charge < -0.3 is 10.6 Å². The molecule has 0 atom stereocenters. The smallest absolute Gasteiger partial charge is 0.251 e. The molecule has 3 rings (SSSR count). The van der Waals surface area contributed by atoms with Crippen LogP contribution in [-0.4, -0.2) is 15.9 Å². The fraction of sp³-hybridized carbons (Fsp3) is 0.105. The van der Waals surface area contributed by atoms with Gasteiger partial charge in [-0.05, 0) is 41.5 Å². The van der Waals surface area contributed by atoms with E-state index in [9.17, 15) is 4.79 Å².